The van der Waals surface area contributed by atoms with Gasteiger partial charge in [-0.2, -0.15) is 0 Å². The van der Waals surface area contributed by atoms with Crippen molar-refractivity contribution in [1.29, 1.82) is 0 Å². The zero-order chi connectivity index (χ0) is 14.1. The van der Waals surface area contributed by atoms with Crippen LogP contribution in [0.2, 0.25) is 0 Å². The van der Waals surface area contributed by atoms with Crippen molar-refractivity contribution < 1.29 is 14.6 Å². The van der Waals surface area contributed by atoms with Gasteiger partial charge in [-0.1, -0.05) is 37.6 Å². The van der Waals surface area contributed by atoms with Crippen LogP contribution in [0.5, 0.6) is 0 Å². The summed E-state index contributed by atoms with van der Waals surface area (Å²) in [6.07, 6.45) is 1.58. The first-order valence-electron chi connectivity index (χ1n) is 6.76. The number of benzene rings is 1. The van der Waals surface area contributed by atoms with Crippen LogP contribution in [0.25, 0.3) is 0 Å². The zero-order valence-electron chi connectivity index (χ0n) is 11.7. The predicted molar refractivity (Wildman–Crippen MR) is 74.5 cm³/mol. The summed E-state index contributed by atoms with van der Waals surface area (Å²) >= 11 is 0. The summed E-state index contributed by atoms with van der Waals surface area (Å²) in [5, 5.41) is 12.0. The second kappa shape index (κ2) is 8.67. The second-order valence-corrected chi connectivity index (χ2v) is 4.51. The summed E-state index contributed by atoms with van der Waals surface area (Å²) < 4.78 is 5.43. The fourth-order valence-electron chi connectivity index (χ4n) is 1.69. The van der Waals surface area contributed by atoms with E-state index in [1.54, 1.807) is 6.92 Å². The van der Waals surface area contributed by atoms with E-state index in [1.807, 2.05) is 24.3 Å². The first-order chi connectivity index (χ1) is 9.19. The van der Waals surface area contributed by atoms with Gasteiger partial charge in [-0.15, -0.1) is 0 Å². The highest BCUT2D eigenvalue weighted by molar-refractivity contribution is 5.80. The molecule has 1 unspecified atom stereocenters. The van der Waals surface area contributed by atoms with Gasteiger partial charge in [0.05, 0.1) is 6.61 Å². The Morgan fingerprint density at radius 3 is 2.68 bits per heavy atom. The van der Waals surface area contributed by atoms with Crippen LogP contribution in [0.4, 0.5) is 0 Å². The minimum atomic E-state index is -0.437. The van der Waals surface area contributed by atoms with E-state index < -0.39 is 6.10 Å². The van der Waals surface area contributed by atoms with Crippen LogP contribution in [0.15, 0.2) is 24.3 Å². The molecule has 4 heteroatoms. The number of rotatable bonds is 8. The average Bonchev–Trinajstić information content (AvgIpc) is 2.45. The van der Waals surface area contributed by atoms with E-state index >= 15 is 0 Å². The molecule has 2 N–H and O–H groups in total. The molecule has 0 aromatic heterocycles. The van der Waals surface area contributed by atoms with Crippen LogP contribution in [-0.4, -0.2) is 23.7 Å². The maximum absolute atomic E-state index is 11.8. The smallest absolute Gasteiger partial charge is 0.249 e. The van der Waals surface area contributed by atoms with Gasteiger partial charge in [0.1, 0.15) is 6.10 Å². The highest BCUT2D eigenvalue weighted by atomic mass is 16.5. The third-order valence-corrected chi connectivity index (χ3v) is 2.98. The Labute approximate surface area is 114 Å². The van der Waals surface area contributed by atoms with Gasteiger partial charge in [-0.05, 0) is 24.5 Å². The molecule has 1 atom stereocenters. The van der Waals surface area contributed by atoms with Gasteiger partial charge in [-0.25, -0.2) is 0 Å². The van der Waals surface area contributed by atoms with Crippen LogP contribution in [0, 0.1) is 0 Å². The topological polar surface area (TPSA) is 58.6 Å². The number of hydrogen-bond donors (Lipinski definition) is 2. The molecule has 106 valence electrons. The van der Waals surface area contributed by atoms with Crippen molar-refractivity contribution in [3.8, 4) is 0 Å². The Hall–Kier alpha value is -1.39. The van der Waals surface area contributed by atoms with E-state index in [-0.39, 0.29) is 12.5 Å². The molecule has 1 amide bonds. The molecule has 0 saturated carbocycles. The van der Waals surface area contributed by atoms with Crippen LogP contribution >= 0.6 is 0 Å². The van der Waals surface area contributed by atoms with Gasteiger partial charge in [0.25, 0.3) is 0 Å². The molecule has 0 aliphatic rings. The molecule has 4 nitrogen and oxygen atoms in total. The van der Waals surface area contributed by atoms with Crippen LogP contribution in [0.3, 0.4) is 0 Å². The molecule has 0 aliphatic heterocycles. The van der Waals surface area contributed by atoms with Crippen molar-refractivity contribution in [2.45, 2.75) is 45.9 Å². The third kappa shape index (κ3) is 5.41. The number of hydrogen-bond acceptors (Lipinski definition) is 3. The van der Waals surface area contributed by atoms with Crippen LogP contribution in [0.1, 0.15) is 37.8 Å². The summed E-state index contributed by atoms with van der Waals surface area (Å²) in [6.45, 7) is 4.84. The number of amides is 1. The van der Waals surface area contributed by atoms with E-state index in [1.165, 1.54) is 0 Å². The number of carbonyl (C=O) groups is 1. The van der Waals surface area contributed by atoms with Gasteiger partial charge in [0, 0.05) is 13.2 Å². The van der Waals surface area contributed by atoms with Crippen molar-refractivity contribution in [1.82, 2.24) is 5.32 Å². The zero-order valence-corrected chi connectivity index (χ0v) is 11.7. The monoisotopic (exact) mass is 265 g/mol. The van der Waals surface area contributed by atoms with Crippen molar-refractivity contribution in [2.75, 3.05) is 6.61 Å². The lowest BCUT2D eigenvalue weighted by Crippen LogP contribution is -2.34. The Morgan fingerprint density at radius 1 is 1.37 bits per heavy atom. The number of nitrogens with one attached hydrogen (secondary N) is 1. The molecular formula is C15H23NO3. The maximum Gasteiger partial charge on any atom is 0.249 e. The van der Waals surface area contributed by atoms with Gasteiger partial charge in [-0.3, -0.25) is 4.79 Å². The Bertz CT molecular complexity index is 393. The fourth-order valence-corrected chi connectivity index (χ4v) is 1.69. The molecule has 0 heterocycles. The van der Waals surface area contributed by atoms with E-state index in [0.29, 0.717) is 13.2 Å². The Balaban J connectivity index is 2.40. The average molecular weight is 265 g/mol. The summed E-state index contributed by atoms with van der Waals surface area (Å²) in [7, 11) is 0. The number of aliphatic hydroxyl groups excluding tert-OH is 1. The van der Waals surface area contributed by atoms with E-state index in [9.17, 15) is 9.90 Å². The molecule has 0 fully saturated rings. The normalized spacial score (nSPS) is 12.2. The molecular weight excluding hydrogens is 242 g/mol. The molecule has 0 aliphatic carbocycles. The van der Waals surface area contributed by atoms with E-state index in [0.717, 1.165) is 24.0 Å². The predicted octanol–water partition coefficient (Wildman–Crippen LogP) is 2.00. The van der Waals surface area contributed by atoms with Gasteiger partial charge in [0.15, 0.2) is 0 Å². The molecule has 0 saturated heterocycles. The molecule has 1 aromatic rings. The highest BCUT2D eigenvalue weighted by Crippen LogP contribution is 2.08. The van der Waals surface area contributed by atoms with Crippen molar-refractivity contribution in [3.05, 3.63) is 35.4 Å². The molecule has 1 rings (SSSR count). The molecule has 19 heavy (non-hydrogen) atoms. The van der Waals surface area contributed by atoms with Crippen LogP contribution < -0.4 is 5.32 Å². The number of unbranched alkanes of at least 4 members (excludes halogenated alkanes) is 1. The van der Waals surface area contributed by atoms with Gasteiger partial charge in [0.2, 0.25) is 5.91 Å². The quantitative estimate of drug-likeness (QED) is 0.707. The highest BCUT2D eigenvalue weighted by Gasteiger charge is 2.12. The first kappa shape index (κ1) is 15.7. The minimum absolute atomic E-state index is 0.0192. The standard InChI is InChI=1S/C15H23NO3/c1-3-4-9-19-12(2)15(18)16-10-13-7-5-6-8-14(13)11-17/h5-8,12,17H,3-4,9-11H2,1-2H3,(H,16,18). The molecule has 0 bridgehead atoms. The third-order valence-electron chi connectivity index (χ3n) is 2.98. The minimum Gasteiger partial charge on any atom is -0.392 e. The Kier molecular flexibility index (Phi) is 7.15. The second-order valence-electron chi connectivity index (χ2n) is 4.51. The molecule has 0 spiro atoms. The van der Waals surface area contributed by atoms with E-state index in [2.05, 4.69) is 12.2 Å². The fraction of sp³-hybridized carbons (Fsp3) is 0.533. The van der Waals surface area contributed by atoms with E-state index in [4.69, 9.17) is 4.74 Å². The largest absolute Gasteiger partial charge is 0.392 e. The lowest BCUT2D eigenvalue weighted by Gasteiger charge is -2.14. The molecule has 0 radical (unpaired) electrons. The number of aliphatic hydroxyl groups is 1. The summed E-state index contributed by atoms with van der Waals surface area (Å²) in [5.74, 6) is -0.121. The molecule has 1 aromatic carbocycles. The lowest BCUT2D eigenvalue weighted by molar-refractivity contribution is -0.131. The first-order valence-corrected chi connectivity index (χ1v) is 6.76. The lowest BCUT2D eigenvalue weighted by atomic mass is 10.1. The van der Waals surface area contributed by atoms with Crippen LogP contribution in [-0.2, 0) is 22.7 Å². The van der Waals surface area contributed by atoms with Crippen molar-refractivity contribution in [2.24, 2.45) is 0 Å². The summed E-state index contributed by atoms with van der Waals surface area (Å²) in [4.78, 5) is 11.8. The van der Waals surface area contributed by atoms with Crippen molar-refractivity contribution in [3.63, 3.8) is 0 Å². The summed E-state index contributed by atoms with van der Waals surface area (Å²) in [6, 6.07) is 7.51. The SMILES string of the molecule is CCCCOC(C)C(=O)NCc1ccccc1CO. The Morgan fingerprint density at radius 2 is 2.05 bits per heavy atom. The maximum atomic E-state index is 11.8. The van der Waals surface area contributed by atoms with Gasteiger partial charge >= 0.3 is 0 Å². The van der Waals surface area contributed by atoms with Gasteiger partial charge < -0.3 is 15.2 Å². The van der Waals surface area contributed by atoms with Crippen molar-refractivity contribution >= 4 is 5.91 Å². The number of carbonyl (C=O) groups excluding carboxylic acids is 1. The number of ether oxygens (including phenoxy) is 1. The summed E-state index contributed by atoms with van der Waals surface area (Å²) in [5.41, 5.74) is 1.77.